The number of thioether (sulfide) groups is 1. The molecule has 0 atom stereocenters. The molecular weight excluding hydrogens is 288 g/mol. The lowest BCUT2D eigenvalue weighted by Crippen LogP contribution is -2.33. The standard InChI is InChI=1S/C15H20N2OS2/c1-11-2-3-12-13(8-11)17-14(16-12)20-10-15(9-19)4-6-18-7-5-15/h2-3,8,19H,4-7,9-10H2,1H3,(H,16,17). The van der Waals surface area contributed by atoms with E-state index >= 15 is 0 Å². The molecule has 0 aliphatic carbocycles. The minimum absolute atomic E-state index is 0.293. The molecule has 1 aromatic carbocycles. The molecule has 1 fully saturated rings. The van der Waals surface area contributed by atoms with Crippen LogP contribution in [0.4, 0.5) is 0 Å². The molecule has 20 heavy (non-hydrogen) atoms. The van der Waals surface area contributed by atoms with Crippen molar-refractivity contribution < 1.29 is 4.74 Å². The van der Waals surface area contributed by atoms with Crippen molar-refractivity contribution in [2.75, 3.05) is 24.7 Å². The van der Waals surface area contributed by atoms with E-state index in [0.29, 0.717) is 5.41 Å². The highest BCUT2D eigenvalue weighted by atomic mass is 32.2. The number of aromatic amines is 1. The quantitative estimate of drug-likeness (QED) is 0.668. The Balaban J connectivity index is 1.72. The lowest BCUT2D eigenvalue weighted by atomic mass is 9.84. The van der Waals surface area contributed by atoms with E-state index in [2.05, 4.69) is 47.7 Å². The van der Waals surface area contributed by atoms with E-state index in [-0.39, 0.29) is 0 Å². The summed E-state index contributed by atoms with van der Waals surface area (Å²) in [5, 5.41) is 1.01. The summed E-state index contributed by atoms with van der Waals surface area (Å²) in [5.74, 6) is 1.97. The molecule has 2 heterocycles. The first-order chi connectivity index (χ1) is 9.71. The summed E-state index contributed by atoms with van der Waals surface area (Å²) in [6, 6.07) is 6.33. The Kier molecular flexibility index (Phi) is 4.29. The van der Waals surface area contributed by atoms with Crippen LogP contribution in [-0.2, 0) is 4.74 Å². The summed E-state index contributed by atoms with van der Waals surface area (Å²) >= 11 is 6.37. The van der Waals surface area contributed by atoms with Crippen molar-refractivity contribution in [3.63, 3.8) is 0 Å². The zero-order valence-corrected chi connectivity index (χ0v) is 13.4. The zero-order valence-electron chi connectivity index (χ0n) is 11.7. The van der Waals surface area contributed by atoms with Gasteiger partial charge in [0.2, 0.25) is 0 Å². The first kappa shape index (κ1) is 14.3. The predicted octanol–water partition coefficient (Wildman–Crippen LogP) is 3.69. The first-order valence-corrected chi connectivity index (χ1v) is 8.60. The smallest absolute Gasteiger partial charge is 0.166 e. The first-order valence-electron chi connectivity index (χ1n) is 6.99. The second kappa shape index (κ2) is 6.00. The number of thiol groups is 1. The van der Waals surface area contributed by atoms with E-state index in [4.69, 9.17) is 4.74 Å². The van der Waals surface area contributed by atoms with Crippen LogP contribution in [-0.4, -0.2) is 34.7 Å². The predicted molar refractivity (Wildman–Crippen MR) is 87.9 cm³/mol. The number of fused-ring (bicyclic) bond motifs is 1. The van der Waals surface area contributed by atoms with Gasteiger partial charge in [-0.3, -0.25) is 0 Å². The third-order valence-electron chi connectivity index (χ3n) is 4.02. The number of rotatable bonds is 4. The fourth-order valence-corrected chi connectivity index (χ4v) is 4.30. The summed E-state index contributed by atoms with van der Waals surface area (Å²) in [5.41, 5.74) is 3.72. The van der Waals surface area contributed by atoms with Crippen LogP contribution < -0.4 is 0 Å². The van der Waals surface area contributed by atoms with E-state index in [1.807, 2.05) is 11.8 Å². The van der Waals surface area contributed by atoms with E-state index < -0.39 is 0 Å². The number of nitrogens with zero attached hydrogens (tertiary/aromatic N) is 1. The van der Waals surface area contributed by atoms with Gasteiger partial charge in [0.05, 0.1) is 11.0 Å². The molecule has 0 saturated carbocycles. The molecule has 108 valence electrons. The Labute approximate surface area is 129 Å². The Morgan fingerprint density at radius 3 is 2.95 bits per heavy atom. The van der Waals surface area contributed by atoms with Crippen LogP contribution in [0.25, 0.3) is 11.0 Å². The van der Waals surface area contributed by atoms with Gasteiger partial charge in [-0.25, -0.2) is 4.98 Å². The highest BCUT2D eigenvalue weighted by Crippen LogP contribution is 2.37. The molecule has 1 aliphatic rings. The maximum Gasteiger partial charge on any atom is 0.166 e. The fraction of sp³-hybridized carbons (Fsp3) is 0.533. The number of benzene rings is 1. The largest absolute Gasteiger partial charge is 0.381 e. The Hall–Kier alpha value is -0.650. The van der Waals surface area contributed by atoms with Crippen molar-refractivity contribution in [1.82, 2.24) is 9.97 Å². The van der Waals surface area contributed by atoms with Gasteiger partial charge < -0.3 is 9.72 Å². The molecule has 1 N–H and O–H groups in total. The molecule has 0 radical (unpaired) electrons. The molecule has 3 rings (SSSR count). The minimum atomic E-state index is 0.293. The molecule has 1 aromatic heterocycles. The van der Waals surface area contributed by atoms with Crippen molar-refractivity contribution in [3.8, 4) is 0 Å². The van der Waals surface area contributed by atoms with Gasteiger partial charge in [0.15, 0.2) is 5.16 Å². The average Bonchev–Trinajstić information content (AvgIpc) is 2.88. The van der Waals surface area contributed by atoms with Crippen molar-refractivity contribution >= 4 is 35.4 Å². The molecule has 1 aliphatic heterocycles. The molecule has 2 aromatic rings. The SMILES string of the molecule is Cc1ccc2nc(SCC3(CS)CCOCC3)[nH]c2c1. The van der Waals surface area contributed by atoms with Gasteiger partial charge >= 0.3 is 0 Å². The number of imidazole rings is 1. The van der Waals surface area contributed by atoms with Crippen LogP contribution >= 0.6 is 24.4 Å². The van der Waals surface area contributed by atoms with Crippen molar-refractivity contribution in [2.24, 2.45) is 5.41 Å². The number of H-pyrrole nitrogens is 1. The number of hydrogen-bond acceptors (Lipinski definition) is 4. The molecule has 0 unspecified atom stereocenters. The molecule has 0 bridgehead atoms. The van der Waals surface area contributed by atoms with Crippen LogP contribution in [0, 0.1) is 12.3 Å². The average molecular weight is 308 g/mol. The molecule has 5 heteroatoms. The zero-order chi connectivity index (χ0) is 14.0. The van der Waals surface area contributed by atoms with Gasteiger partial charge in [-0.2, -0.15) is 12.6 Å². The second-order valence-electron chi connectivity index (χ2n) is 5.62. The van der Waals surface area contributed by atoms with Gasteiger partial charge in [-0.15, -0.1) is 0 Å². The number of hydrogen-bond donors (Lipinski definition) is 2. The van der Waals surface area contributed by atoms with E-state index in [9.17, 15) is 0 Å². The van der Waals surface area contributed by atoms with Gasteiger partial charge in [-0.05, 0) is 48.6 Å². The normalized spacial score (nSPS) is 18.5. The third-order valence-corrected chi connectivity index (χ3v) is 5.91. The van der Waals surface area contributed by atoms with Gasteiger partial charge in [0.25, 0.3) is 0 Å². The number of nitrogens with one attached hydrogen (secondary N) is 1. The second-order valence-corrected chi connectivity index (χ2v) is 6.90. The maximum atomic E-state index is 5.47. The molecular formula is C15H20N2OS2. The van der Waals surface area contributed by atoms with Crippen molar-refractivity contribution in [3.05, 3.63) is 23.8 Å². The maximum absolute atomic E-state index is 5.47. The molecule has 3 nitrogen and oxygen atoms in total. The van der Waals surface area contributed by atoms with Crippen LogP contribution in [0.3, 0.4) is 0 Å². The molecule has 0 amide bonds. The van der Waals surface area contributed by atoms with Crippen molar-refractivity contribution in [2.45, 2.75) is 24.9 Å². The number of aryl methyl sites for hydroxylation is 1. The van der Waals surface area contributed by atoms with Gasteiger partial charge in [-0.1, -0.05) is 17.8 Å². The summed E-state index contributed by atoms with van der Waals surface area (Å²) < 4.78 is 5.47. The van der Waals surface area contributed by atoms with E-state index in [0.717, 1.165) is 53.8 Å². The summed E-state index contributed by atoms with van der Waals surface area (Å²) in [6.07, 6.45) is 2.20. The monoisotopic (exact) mass is 308 g/mol. The number of aromatic nitrogens is 2. The van der Waals surface area contributed by atoms with Crippen molar-refractivity contribution in [1.29, 1.82) is 0 Å². The Morgan fingerprint density at radius 2 is 2.20 bits per heavy atom. The molecule has 0 spiro atoms. The Bertz CT molecular complexity index is 591. The highest BCUT2D eigenvalue weighted by molar-refractivity contribution is 7.99. The fourth-order valence-electron chi connectivity index (χ4n) is 2.54. The van der Waals surface area contributed by atoms with Crippen LogP contribution in [0.1, 0.15) is 18.4 Å². The lowest BCUT2D eigenvalue weighted by molar-refractivity contribution is 0.0371. The highest BCUT2D eigenvalue weighted by Gasteiger charge is 2.31. The van der Waals surface area contributed by atoms with Gasteiger partial charge in [0.1, 0.15) is 0 Å². The van der Waals surface area contributed by atoms with Gasteiger partial charge in [0, 0.05) is 19.0 Å². The van der Waals surface area contributed by atoms with Crippen LogP contribution in [0.2, 0.25) is 0 Å². The topological polar surface area (TPSA) is 37.9 Å². The minimum Gasteiger partial charge on any atom is -0.381 e. The third kappa shape index (κ3) is 3.00. The summed E-state index contributed by atoms with van der Waals surface area (Å²) in [7, 11) is 0. The lowest BCUT2D eigenvalue weighted by Gasteiger charge is -2.35. The number of ether oxygens (including phenoxy) is 1. The summed E-state index contributed by atoms with van der Waals surface area (Å²) in [6.45, 7) is 3.83. The Morgan fingerprint density at radius 1 is 1.40 bits per heavy atom. The van der Waals surface area contributed by atoms with E-state index in [1.165, 1.54) is 5.56 Å². The van der Waals surface area contributed by atoms with E-state index in [1.54, 1.807) is 0 Å². The molecule has 1 saturated heterocycles. The van der Waals surface area contributed by atoms with Crippen LogP contribution in [0.15, 0.2) is 23.4 Å². The van der Waals surface area contributed by atoms with Crippen LogP contribution in [0.5, 0.6) is 0 Å². The summed E-state index contributed by atoms with van der Waals surface area (Å²) in [4.78, 5) is 8.07.